The molecule has 0 aliphatic rings. The Balaban J connectivity index is 1.67. The molecule has 0 aliphatic heterocycles. The van der Waals surface area contributed by atoms with Crippen molar-refractivity contribution in [2.24, 2.45) is 0 Å². The highest BCUT2D eigenvalue weighted by molar-refractivity contribution is 7.92. The smallest absolute Gasteiger partial charge is 0.265 e. The van der Waals surface area contributed by atoms with Gasteiger partial charge in [-0.05, 0) is 67.1 Å². The summed E-state index contributed by atoms with van der Waals surface area (Å²) in [5, 5.41) is 2.97. The first kappa shape index (κ1) is 22.6. The highest BCUT2D eigenvalue weighted by atomic mass is 35.5. The van der Waals surface area contributed by atoms with Gasteiger partial charge in [0.1, 0.15) is 11.6 Å². The number of para-hydroxylation sites is 1. The molecule has 9 heteroatoms. The third kappa shape index (κ3) is 5.96. The van der Waals surface area contributed by atoms with Gasteiger partial charge in [-0.15, -0.1) is 0 Å². The maximum absolute atomic E-state index is 13.0. The second kappa shape index (κ2) is 9.80. The van der Waals surface area contributed by atoms with Gasteiger partial charge in [0, 0.05) is 5.69 Å². The lowest BCUT2D eigenvalue weighted by molar-refractivity contribution is -0.122. The van der Waals surface area contributed by atoms with Gasteiger partial charge >= 0.3 is 0 Å². The Morgan fingerprint density at radius 1 is 1.03 bits per heavy atom. The summed E-state index contributed by atoms with van der Waals surface area (Å²) >= 11 is 6.00. The monoisotopic (exact) mass is 462 g/mol. The van der Waals surface area contributed by atoms with Gasteiger partial charge in [0.05, 0.1) is 15.6 Å². The molecular formula is C22H20ClFN2O4S. The minimum atomic E-state index is -3.85. The molecule has 2 N–H and O–H groups in total. The van der Waals surface area contributed by atoms with E-state index in [0.29, 0.717) is 17.9 Å². The lowest BCUT2D eigenvalue weighted by atomic mass is 10.2. The fourth-order valence-corrected chi connectivity index (χ4v) is 4.01. The number of ether oxygens (including phenoxy) is 1. The molecule has 31 heavy (non-hydrogen) atoms. The third-order valence-corrected chi connectivity index (χ3v) is 6.02. The van der Waals surface area contributed by atoms with E-state index in [-0.39, 0.29) is 15.6 Å². The summed E-state index contributed by atoms with van der Waals surface area (Å²) < 4.78 is 46.2. The number of hydrogen-bond acceptors (Lipinski definition) is 4. The summed E-state index contributed by atoms with van der Waals surface area (Å²) in [6.07, 6.45) is -0.409. The lowest BCUT2D eigenvalue weighted by Crippen LogP contribution is -2.32. The molecule has 162 valence electrons. The SMILES string of the molecule is CCC(Oc1ccc(F)cc1)C(=O)Nc1ccc(S(=O)(=O)Nc2ccccc2Cl)cc1. The van der Waals surface area contributed by atoms with Crippen molar-refractivity contribution in [3.05, 3.63) is 83.6 Å². The molecule has 0 aromatic heterocycles. The van der Waals surface area contributed by atoms with Gasteiger partial charge in [0.2, 0.25) is 0 Å². The predicted molar refractivity (Wildman–Crippen MR) is 118 cm³/mol. The molecule has 0 radical (unpaired) electrons. The number of nitrogens with one attached hydrogen (secondary N) is 2. The Labute approximate surface area is 185 Å². The van der Waals surface area contributed by atoms with E-state index in [1.807, 2.05) is 0 Å². The number of benzene rings is 3. The first-order valence-corrected chi connectivity index (χ1v) is 11.2. The van der Waals surface area contributed by atoms with Crippen molar-refractivity contribution in [1.29, 1.82) is 0 Å². The summed E-state index contributed by atoms with van der Waals surface area (Å²) in [5.41, 5.74) is 0.674. The molecule has 6 nitrogen and oxygen atoms in total. The number of anilines is 2. The first-order valence-electron chi connectivity index (χ1n) is 9.39. The number of rotatable bonds is 8. The van der Waals surface area contributed by atoms with Crippen molar-refractivity contribution < 1.29 is 22.3 Å². The number of hydrogen-bond donors (Lipinski definition) is 2. The van der Waals surface area contributed by atoms with E-state index >= 15 is 0 Å². The van der Waals surface area contributed by atoms with Crippen LogP contribution < -0.4 is 14.8 Å². The molecule has 0 fully saturated rings. The summed E-state index contributed by atoms with van der Waals surface area (Å²) in [6, 6.07) is 17.6. The Bertz CT molecular complexity index is 1150. The van der Waals surface area contributed by atoms with E-state index < -0.39 is 27.9 Å². The second-order valence-corrected chi connectivity index (χ2v) is 8.66. The number of amides is 1. The number of carbonyl (C=O) groups excluding carboxylic acids is 1. The van der Waals surface area contributed by atoms with Crippen LogP contribution in [0.2, 0.25) is 5.02 Å². The zero-order valence-electron chi connectivity index (χ0n) is 16.5. The van der Waals surface area contributed by atoms with Crippen LogP contribution in [0.25, 0.3) is 0 Å². The van der Waals surface area contributed by atoms with Crippen molar-refractivity contribution in [1.82, 2.24) is 0 Å². The van der Waals surface area contributed by atoms with Crippen molar-refractivity contribution in [2.45, 2.75) is 24.3 Å². The lowest BCUT2D eigenvalue weighted by Gasteiger charge is -2.17. The summed E-state index contributed by atoms with van der Waals surface area (Å²) in [4.78, 5) is 12.5. The van der Waals surface area contributed by atoms with Crippen LogP contribution in [0.15, 0.2) is 77.7 Å². The Morgan fingerprint density at radius 3 is 2.29 bits per heavy atom. The van der Waals surface area contributed by atoms with Gasteiger partial charge in [0.15, 0.2) is 6.10 Å². The van der Waals surface area contributed by atoms with Gasteiger partial charge in [-0.25, -0.2) is 12.8 Å². The number of halogens is 2. The van der Waals surface area contributed by atoms with E-state index in [1.165, 1.54) is 48.5 Å². The van der Waals surface area contributed by atoms with E-state index in [9.17, 15) is 17.6 Å². The largest absolute Gasteiger partial charge is 0.481 e. The minimum Gasteiger partial charge on any atom is -0.481 e. The maximum atomic E-state index is 13.0. The van der Waals surface area contributed by atoms with Crippen molar-refractivity contribution in [3.8, 4) is 5.75 Å². The topological polar surface area (TPSA) is 84.5 Å². The predicted octanol–water partition coefficient (Wildman–Crippen LogP) is 5.08. The van der Waals surface area contributed by atoms with Gasteiger partial charge in [0.25, 0.3) is 15.9 Å². The quantitative estimate of drug-likeness (QED) is 0.489. The fourth-order valence-electron chi connectivity index (χ4n) is 2.69. The van der Waals surface area contributed by atoms with Gasteiger partial charge in [-0.2, -0.15) is 0 Å². The van der Waals surface area contributed by atoms with E-state index in [1.54, 1.807) is 31.2 Å². The molecule has 0 aliphatic carbocycles. The Hall–Kier alpha value is -3.10. The third-order valence-electron chi connectivity index (χ3n) is 4.31. The van der Waals surface area contributed by atoms with Gasteiger partial charge < -0.3 is 10.1 Å². The van der Waals surface area contributed by atoms with E-state index in [4.69, 9.17) is 16.3 Å². The number of sulfonamides is 1. The van der Waals surface area contributed by atoms with Crippen molar-refractivity contribution in [3.63, 3.8) is 0 Å². The van der Waals surface area contributed by atoms with Crippen LogP contribution in [-0.4, -0.2) is 20.4 Å². The molecule has 3 aromatic rings. The number of carbonyl (C=O) groups is 1. The molecule has 1 amide bonds. The average Bonchev–Trinajstić information content (AvgIpc) is 2.75. The summed E-state index contributed by atoms with van der Waals surface area (Å²) in [6.45, 7) is 1.78. The molecule has 0 bridgehead atoms. The molecular weight excluding hydrogens is 443 g/mol. The van der Waals surface area contributed by atoms with Gasteiger partial charge in [-0.1, -0.05) is 30.7 Å². The van der Waals surface area contributed by atoms with E-state index in [2.05, 4.69) is 10.0 Å². The van der Waals surface area contributed by atoms with Crippen LogP contribution in [0.1, 0.15) is 13.3 Å². The van der Waals surface area contributed by atoms with Crippen molar-refractivity contribution in [2.75, 3.05) is 10.0 Å². The van der Waals surface area contributed by atoms with E-state index in [0.717, 1.165) is 0 Å². The Morgan fingerprint density at radius 2 is 1.68 bits per heavy atom. The van der Waals surface area contributed by atoms with Crippen LogP contribution in [0.3, 0.4) is 0 Å². The maximum Gasteiger partial charge on any atom is 0.265 e. The molecule has 3 aromatic carbocycles. The van der Waals surface area contributed by atoms with Crippen LogP contribution in [-0.2, 0) is 14.8 Å². The zero-order chi connectivity index (χ0) is 22.4. The van der Waals surface area contributed by atoms with Crippen LogP contribution in [0.5, 0.6) is 5.75 Å². The highest BCUT2D eigenvalue weighted by Crippen LogP contribution is 2.24. The highest BCUT2D eigenvalue weighted by Gasteiger charge is 2.20. The molecule has 0 saturated heterocycles. The van der Waals surface area contributed by atoms with Crippen LogP contribution in [0.4, 0.5) is 15.8 Å². The second-order valence-electron chi connectivity index (χ2n) is 6.57. The molecule has 0 spiro atoms. The van der Waals surface area contributed by atoms with Gasteiger partial charge in [-0.3, -0.25) is 9.52 Å². The minimum absolute atomic E-state index is 0.0139. The Kier molecular flexibility index (Phi) is 7.14. The molecule has 0 saturated carbocycles. The normalized spacial score (nSPS) is 12.1. The molecule has 3 rings (SSSR count). The molecule has 0 heterocycles. The summed E-state index contributed by atoms with van der Waals surface area (Å²) in [7, 11) is -3.85. The average molecular weight is 463 g/mol. The molecule has 1 unspecified atom stereocenters. The van der Waals surface area contributed by atoms with Crippen LogP contribution in [0, 0.1) is 5.82 Å². The van der Waals surface area contributed by atoms with Crippen molar-refractivity contribution >= 4 is 38.9 Å². The molecule has 1 atom stereocenters. The summed E-state index contributed by atoms with van der Waals surface area (Å²) in [5.74, 6) is -0.434. The fraction of sp³-hybridized carbons (Fsp3) is 0.136. The first-order chi connectivity index (χ1) is 14.8. The van der Waals surface area contributed by atoms with Crippen LogP contribution >= 0.6 is 11.6 Å². The zero-order valence-corrected chi connectivity index (χ0v) is 18.1. The standard InChI is InChI=1S/C22H20ClFN2O4S/c1-2-21(30-17-11-7-15(24)8-12-17)22(27)25-16-9-13-18(14-10-16)31(28,29)26-20-6-4-3-5-19(20)23/h3-14,21,26H,2H2,1H3,(H,25,27).